The predicted molar refractivity (Wildman–Crippen MR) is 86.2 cm³/mol. The van der Waals surface area contributed by atoms with Crippen molar-refractivity contribution < 1.29 is 27.5 Å². The van der Waals surface area contributed by atoms with Crippen LogP contribution in [-0.2, 0) is 27.5 Å². The van der Waals surface area contributed by atoms with Crippen LogP contribution in [0.5, 0.6) is 0 Å². The fourth-order valence-corrected chi connectivity index (χ4v) is 4.29. The Morgan fingerprint density at radius 1 is 1.00 bits per heavy atom. The summed E-state index contributed by atoms with van der Waals surface area (Å²) in [6, 6.07) is 0.578. The van der Waals surface area contributed by atoms with E-state index in [0.717, 1.165) is 6.42 Å². The van der Waals surface area contributed by atoms with Crippen LogP contribution in [0.25, 0.3) is 0 Å². The Hall–Kier alpha value is -0.0631. The molecular weight excluding hydrogens is 306 g/mol. The average Bonchev–Trinajstić information content (AvgIpc) is 2.53. The molecule has 0 rings (SSSR count). The Morgan fingerprint density at radius 3 is 2.05 bits per heavy atom. The van der Waals surface area contributed by atoms with Gasteiger partial charge in [-0.05, 0) is 33.7 Å². The monoisotopic (exact) mass is 339 g/mol. The summed E-state index contributed by atoms with van der Waals surface area (Å²) in [4.78, 5) is 0. The van der Waals surface area contributed by atoms with Crippen molar-refractivity contribution in [3.8, 4) is 0 Å². The summed E-state index contributed by atoms with van der Waals surface area (Å²) in [7, 11) is -1.44. The molecule has 0 aliphatic rings. The molecule has 8 heteroatoms. The number of ether oxygens (including phenoxy) is 3. The third-order valence-electron chi connectivity index (χ3n) is 3.04. The maximum absolute atomic E-state index is 6.17. The molecule has 7 nitrogen and oxygen atoms in total. The Bertz CT molecular complexity index is 266. The topological polar surface area (TPSA) is 81.4 Å². The lowest BCUT2D eigenvalue weighted by molar-refractivity contribution is -0.358. The molecular formula is C14H33NO6Si. The van der Waals surface area contributed by atoms with E-state index < -0.39 is 14.8 Å². The number of hydrogen-bond acceptors (Lipinski definition) is 7. The molecule has 0 aliphatic heterocycles. The first kappa shape index (κ1) is 21.9. The van der Waals surface area contributed by atoms with Gasteiger partial charge in [0.15, 0.2) is 0 Å². The van der Waals surface area contributed by atoms with Gasteiger partial charge in [0.2, 0.25) is 0 Å². The van der Waals surface area contributed by atoms with E-state index in [0.29, 0.717) is 38.8 Å². The summed E-state index contributed by atoms with van der Waals surface area (Å²) in [6.07, 6.45) is 1.25. The largest absolute Gasteiger partial charge is 0.506 e. The second kappa shape index (κ2) is 12.4. The highest BCUT2D eigenvalue weighted by Crippen LogP contribution is 2.29. The molecule has 0 aliphatic carbocycles. The molecule has 0 heterocycles. The summed E-state index contributed by atoms with van der Waals surface area (Å²) in [5, 5.41) is 0. The van der Waals surface area contributed by atoms with E-state index in [1.54, 1.807) is 7.11 Å². The van der Waals surface area contributed by atoms with Crippen LogP contribution in [0.15, 0.2) is 0 Å². The standard InChI is InChI=1S/C14H33NO6Si/c1-6-14(18-8-3,19-9-4)21-22(16-5,12-10-11-15)20-13-17-7-2/h6-13,15H2,1-5H3. The van der Waals surface area contributed by atoms with E-state index in [-0.39, 0.29) is 6.79 Å². The quantitative estimate of drug-likeness (QED) is 0.278. The van der Waals surface area contributed by atoms with Gasteiger partial charge in [-0.3, -0.25) is 0 Å². The second-order valence-corrected chi connectivity index (χ2v) is 7.31. The molecule has 134 valence electrons. The van der Waals surface area contributed by atoms with E-state index in [9.17, 15) is 0 Å². The Balaban J connectivity index is 5.14. The molecule has 0 radical (unpaired) electrons. The van der Waals surface area contributed by atoms with E-state index in [2.05, 4.69) is 0 Å². The lowest BCUT2D eigenvalue weighted by atomic mass is 10.4. The zero-order valence-corrected chi connectivity index (χ0v) is 15.7. The van der Waals surface area contributed by atoms with Crippen LogP contribution in [0.3, 0.4) is 0 Å². The molecule has 0 aromatic carbocycles. The zero-order chi connectivity index (χ0) is 16.9. The summed E-state index contributed by atoms with van der Waals surface area (Å²) in [5.41, 5.74) is 5.62. The minimum Gasteiger partial charge on any atom is -0.377 e. The first-order chi connectivity index (χ1) is 10.6. The van der Waals surface area contributed by atoms with Crippen LogP contribution < -0.4 is 5.73 Å². The Labute approximate surface area is 135 Å². The highest BCUT2D eigenvalue weighted by Gasteiger charge is 2.49. The molecule has 22 heavy (non-hydrogen) atoms. The highest BCUT2D eigenvalue weighted by atomic mass is 28.4. The molecule has 0 aromatic heterocycles. The van der Waals surface area contributed by atoms with Gasteiger partial charge in [0.05, 0.1) is 0 Å². The first-order valence-electron chi connectivity index (χ1n) is 8.02. The average molecular weight is 340 g/mol. The molecule has 0 fully saturated rings. The van der Waals surface area contributed by atoms with Gasteiger partial charge < -0.3 is 33.2 Å². The van der Waals surface area contributed by atoms with Crippen molar-refractivity contribution in [1.82, 2.24) is 0 Å². The first-order valence-corrected chi connectivity index (χ1v) is 9.95. The molecule has 0 aromatic rings. The van der Waals surface area contributed by atoms with E-state index in [1.165, 1.54) is 0 Å². The Morgan fingerprint density at radius 2 is 1.64 bits per heavy atom. The van der Waals surface area contributed by atoms with Crippen molar-refractivity contribution in [3.63, 3.8) is 0 Å². The summed E-state index contributed by atoms with van der Waals surface area (Å²) in [6.45, 7) is 9.74. The van der Waals surface area contributed by atoms with Crippen molar-refractivity contribution in [3.05, 3.63) is 0 Å². The van der Waals surface area contributed by atoms with E-state index in [4.69, 9.17) is 33.2 Å². The highest BCUT2D eigenvalue weighted by molar-refractivity contribution is 6.60. The van der Waals surface area contributed by atoms with Crippen LogP contribution in [-0.4, -0.2) is 55.0 Å². The molecule has 2 N–H and O–H groups in total. The molecule has 0 bridgehead atoms. The van der Waals surface area contributed by atoms with Crippen molar-refractivity contribution in [2.24, 2.45) is 5.73 Å². The number of nitrogens with two attached hydrogens (primary N) is 1. The fourth-order valence-electron chi connectivity index (χ4n) is 1.94. The minimum absolute atomic E-state index is 0.110. The van der Waals surface area contributed by atoms with Crippen molar-refractivity contribution in [2.45, 2.75) is 52.6 Å². The minimum atomic E-state index is -3.01. The van der Waals surface area contributed by atoms with Crippen LogP contribution in [0.2, 0.25) is 6.04 Å². The van der Waals surface area contributed by atoms with Crippen LogP contribution in [0.4, 0.5) is 0 Å². The molecule has 0 spiro atoms. The van der Waals surface area contributed by atoms with Crippen molar-refractivity contribution in [2.75, 3.05) is 40.3 Å². The normalized spacial score (nSPS) is 15.0. The summed E-state index contributed by atoms with van der Waals surface area (Å²) < 4.78 is 34.4. The van der Waals surface area contributed by atoms with Crippen LogP contribution >= 0.6 is 0 Å². The Kier molecular flexibility index (Phi) is 12.3. The van der Waals surface area contributed by atoms with Gasteiger partial charge >= 0.3 is 8.80 Å². The maximum atomic E-state index is 6.17. The van der Waals surface area contributed by atoms with E-state index in [1.807, 2.05) is 27.7 Å². The van der Waals surface area contributed by atoms with Crippen LogP contribution in [0, 0.1) is 0 Å². The predicted octanol–water partition coefficient (Wildman–Crippen LogP) is 2.08. The van der Waals surface area contributed by atoms with Crippen molar-refractivity contribution >= 4 is 8.80 Å². The fraction of sp³-hybridized carbons (Fsp3) is 1.00. The van der Waals surface area contributed by atoms with Gasteiger partial charge in [-0.1, -0.05) is 6.92 Å². The van der Waals surface area contributed by atoms with Gasteiger partial charge in [-0.25, -0.2) is 0 Å². The molecule has 1 atom stereocenters. The van der Waals surface area contributed by atoms with Gasteiger partial charge in [-0.15, -0.1) is 0 Å². The second-order valence-electron chi connectivity index (χ2n) is 4.54. The summed E-state index contributed by atoms with van der Waals surface area (Å²) in [5.74, 6) is -1.16. The summed E-state index contributed by atoms with van der Waals surface area (Å²) >= 11 is 0. The maximum Gasteiger partial charge on any atom is 0.506 e. The SMILES string of the molecule is CCOCO[Si](CCCN)(OC)OC(CC)(OCC)OCC. The smallest absolute Gasteiger partial charge is 0.377 e. The lowest BCUT2D eigenvalue weighted by Gasteiger charge is -2.39. The zero-order valence-electron chi connectivity index (χ0n) is 14.7. The molecule has 0 amide bonds. The molecule has 0 saturated heterocycles. The molecule has 1 unspecified atom stereocenters. The van der Waals surface area contributed by atoms with Crippen molar-refractivity contribution in [1.29, 1.82) is 0 Å². The number of rotatable bonds is 15. The van der Waals surface area contributed by atoms with Gasteiger partial charge in [-0.2, -0.15) is 0 Å². The van der Waals surface area contributed by atoms with Gasteiger partial charge in [0.1, 0.15) is 6.79 Å². The van der Waals surface area contributed by atoms with E-state index >= 15 is 0 Å². The lowest BCUT2D eigenvalue weighted by Crippen LogP contribution is -2.55. The molecule has 0 saturated carbocycles. The third kappa shape index (κ3) is 7.47. The van der Waals surface area contributed by atoms with Gasteiger partial charge in [0, 0.05) is 39.4 Å². The third-order valence-corrected chi connectivity index (χ3v) is 5.80. The van der Waals surface area contributed by atoms with Crippen LogP contribution in [0.1, 0.15) is 40.5 Å². The number of hydrogen-bond donors (Lipinski definition) is 1. The van der Waals surface area contributed by atoms with Gasteiger partial charge in [0.25, 0.3) is 5.97 Å².